The Morgan fingerprint density at radius 3 is 2.38 bits per heavy atom. The summed E-state index contributed by atoms with van der Waals surface area (Å²) < 4.78 is 37.7. The van der Waals surface area contributed by atoms with Crippen LogP contribution in [0.15, 0.2) is 59.0 Å². The van der Waals surface area contributed by atoms with Crippen molar-refractivity contribution in [3.8, 4) is 11.5 Å². The molecule has 0 radical (unpaired) electrons. The standard InChI is InChI=1S/C24H30N2O5S/c1-26(32(28,29)21-13-14-22(30-2)23(17-21)31-3)20-11-9-19(10-12-20)24(27)25-16-15-18-7-5-4-6-8-18/h7,9-14,17H,4-6,8,15-16H2,1-3H3,(H,25,27). The zero-order chi connectivity index (χ0) is 23.1. The minimum absolute atomic E-state index is 0.0801. The average molecular weight is 459 g/mol. The highest BCUT2D eigenvalue weighted by molar-refractivity contribution is 7.92. The summed E-state index contributed by atoms with van der Waals surface area (Å²) in [5.74, 6) is 0.612. The van der Waals surface area contributed by atoms with E-state index < -0.39 is 10.0 Å². The van der Waals surface area contributed by atoms with E-state index in [2.05, 4.69) is 11.4 Å². The number of benzene rings is 2. The SMILES string of the molecule is COc1ccc(S(=O)(=O)N(C)c2ccc(C(=O)NCCC3=CCCCC3)cc2)cc1OC. The number of rotatable bonds is 9. The normalized spacial score (nSPS) is 13.8. The van der Waals surface area contributed by atoms with Gasteiger partial charge in [0.25, 0.3) is 15.9 Å². The second kappa shape index (κ2) is 10.5. The smallest absolute Gasteiger partial charge is 0.264 e. The maximum atomic E-state index is 13.1. The molecule has 2 aromatic rings. The molecule has 1 aliphatic rings. The lowest BCUT2D eigenvalue weighted by Crippen LogP contribution is -2.27. The Morgan fingerprint density at radius 2 is 1.75 bits per heavy atom. The van der Waals surface area contributed by atoms with Crippen molar-refractivity contribution < 1.29 is 22.7 Å². The number of carbonyl (C=O) groups excluding carboxylic acids is 1. The molecule has 0 saturated heterocycles. The maximum absolute atomic E-state index is 13.1. The van der Waals surface area contributed by atoms with E-state index in [1.165, 1.54) is 56.1 Å². The maximum Gasteiger partial charge on any atom is 0.264 e. The van der Waals surface area contributed by atoms with Gasteiger partial charge in [0.15, 0.2) is 11.5 Å². The van der Waals surface area contributed by atoms with Gasteiger partial charge in [0.2, 0.25) is 0 Å². The summed E-state index contributed by atoms with van der Waals surface area (Å²) in [7, 11) is 0.594. The van der Waals surface area contributed by atoms with Gasteiger partial charge in [-0.3, -0.25) is 9.10 Å². The van der Waals surface area contributed by atoms with Crippen molar-refractivity contribution in [2.75, 3.05) is 32.1 Å². The Kier molecular flexibility index (Phi) is 7.80. The summed E-state index contributed by atoms with van der Waals surface area (Å²) in [6, 6.07) is 10.9. The molecule has 0 unspecified atom stereocenters. The van der Waals surface area contributed by atoms with Crippen molar-refractivity contribution in [2.45, 2.75) is 37.0 Å². The first-order valence-electron chi connectivity index (χ1n) is 10.6. The topological polar surface area (TPSA) is 84.9 Å². The number of methoxy groups -OCH3 is 2. The van der Waals surface area contributed by atoms with E-state index >= 15 is 0 Å². The van der Waals surface area contributed by atoms with E-state index in [1.54, 1.807) is 30.3 Å². The monoisotopic (exact) mass is 458 g/mol. The molecule has 1 N–H and O–H groups in total. The first kappa shape index (κ1) is 23.7. The Balaban J connectivity index is 1.66. The van der Waals surface area contributed by atoms with Crippen molar-refractivity contribution >= 4 is 21.6 Å². The van der Waals surface area contributed by atoms with Gasteiger partial charge in [-0.05, 0) is 68.5 Å². The van der Waals surface area contributed by atoms with Gasteiger partial charge in [0, 0.05) is 25.2 Å². The van der Waals surface area contributed by atoms with Gasteiger partial charge >= 0.3 is 0 Å². The number of carbonyl (C=O) groups is 1. The molecule has 172 valence electrons. The second-order valence-corrected chi connectivity index (χ2v) is 9.62. The van der Waals surface area contributed by atoms with Gasteiger partial charge < -0.3 is 14.8 Å². The highest BCUT2D eigenvalue weighted by Crippen LogP contribution is 2.31. The highest BCUT2D eigenvalue weighted by Gasteiger charge is 2.23. The number of ether oxygens (including phenoxy) is 2. The molecule has 0 atom stereocenters. The van der Waals surface area contributed by atoms with Crippen LogP contribution in [0, 0.1) is 0 Å². The van der Waals surface area contributed by atoms with Gasteiger partial charge in [0.05, 0.1) is 24.8 Å². The quantitative estimate of drug-likeness (QED) is 0.571. The van der Waals surface area contributed by atoms with Crippen LogP contribution in [0.3, 0.4) is 0 Å². The average Bonchev–Trinajstić information content (AvgIpc) is 2.83. The highest BCUT2D eigenvalue weighted by atomic mass is 32.2. The summed E-state index contributed by atoms with van der Waals surface area (Å²) in [4.78, 5) is 12.5. The number of nitrogens with zero attached hydrogens (tertiary/aromatic N) is 1. The first-order chi connectivity index (χ1) is 15.4. The fourth-order valence-corrected chi connectivity index (χ4v) is 4.88. The van der Waals surface area contributed by atoms with Gasteiger partial charge in [-0.15, -0.1) is 0 Å². The minimum Gasteiger partial charge on any atom is -0.493 e. The van der Waals surface area contributed by atoms with Crippen molar-refractivity contribution in [1.82, 2.24) is 5.32 Å². The Bertz CT molecular complexity index is 1080. The number of sulfonamides is 1. The van der Waals surface area contributed by atoms with Gasteiger partial charge in [-0.1, -0.05) is 11.6 Å². The lowest BCUT2D eigenvalue weighted by molar-refractivity contribution is 0.0954. The van der Waals surface area contributed by atoms with Gasteiger partial charge in [0.1, 0.15) is 0 Å². The lowest BCUT2D eigenvalue weighted by Gasteiger charge is -2.20. The number of hydrogen-bond acceptors (Lipinski definition) is 5. The summed E-state index contributed by atoms with van der Waals surface area (Å²) in [5.41, 5.74) is 2.35. The number of nitrogens with one attached hydrogen (secondary N) is 1. The Morgan fingerprint density at radius 1 is 1.03 bits per heavy atom. The molecule has 0 spiro atoms. The molecule has 2 aromatic carbocycles. The van der Waals surface area contributed by atoms with Crippen LogP contribution in [0.1, 0.15) is 42.5 Å². The van der Waals surface area contributed by atoms with E-state index in [0.717, 1.165) is 19.3 Å². The molecule has 0 fully saturated rings. The predicted molar refractivity (Wildman–Crippen MR) is 125 cm³/mol. The third-order valence-electron chi connectivity index (χ3n) is 5.62. The summed E-state index contributed by atoms with van der Waals surface area (Å²) in [6.45, 7) is 0.597. The zero-order valence-electron chi connectivity index (χ0n) is 18.8. The van der Waals surface area contributed by atoms with Crippen LogP contribution in [0.5, 0.6) is 11.5 Å². The van der Waals surface area contributed by atoms with E-state index in [0.29, 0.717) is 29.3 Å². The van der Waals surface area contributed by atoms with Crippen LogP contribution in [-0.2, 0) is 10.0 Å². The van der Waals surface area contributed by atoms with Gasteiger partial charge in [-0.25, -0.2) is 8.42 Å². The number of anilines is 1. The third-order valence-corrected chi connectivity index (χ3v) is 7.40. The summed E-state index contributed by atoms with van der Waals surface area (Å²) in [6.07, 6.45) is 7.87. The van der Waals surface area contributed by atoms with Crippen LogP contribution in [-0.4, -0.2) is 42.1 Å². The van der Waals surface area contributed by atoms with Crippen molar-refractivity contribution in [3.05, 3.63) is 59.7 Å². The van der Waals surface area contributed by atoms with E-state index in [4.69, 9.17) is 9.47 Å². The summed E-state index contributed by atoms with van der Waals surface area (Å²) in [5, 5.41) is 2.94. The van der Waals surface area contributed by atoms with Crippen LogP contribution < -0.4 is 19.1 Å². The van der Waals surface area contributed by atoms with E-state index in [9.17, 15) is 13.2 Å². The van der Waals surface area contributed by atoms with Crippen LogP contribution >= 0.6 is 0 Å². The largest absolute Gasteiger partial charge is 0.493 e. The van der Waals surface area contributed by atoms with E-state index in [-0.39, 0.29) is 10.8 Å². The van der Waals surface area contributed by atoms with E-state index in [1.807, 2.05) is 0 Å². The zero-order valence-corrected chi connectivity index (χ0v) is 19.6. The van der Waals surface area contributed by atoms with Crippen LogP contribution in [0.4, 0.5) is 5.69 Å². The lowest BCUT2D eigenvalue weighted by atomic mass is 9.97. The van der Waals surface area contributed by atoms with Crippen LogP contribution in [0.2, 0.25) is 0 Å². The third kappa shape index (κ3) is 5.43. The molecule has 7 nitrogen and oxygen atoms in total. The van der Waals surface area contributed by atoms with Crippen molar-refractivity contribution in [2.24, 2.45) is 0 Å². The molecular weight excluding hydrogens is 428 g/mol. The molecule has 0 aliphatic heterocycles. The molecule has 0 saturated carbocycles. The molecule has 0 heterocycles. The summed E-state index contributed by atoms with van der Waals surface area (Å²) >= 11 is 0. The number of allylic oxidation sites excluding steroid dienone is 1. The Labute approximate surface area is 190 Å². The van der Waals surface area contributed by atoms with Crippen molar-refractivity contribution in [3.63, 3.8) is 0 Å². The fourth-order valence-electron chi connectivity index (χ4n) is 3.67. The molecule has 3 rings (SSSR count). The molecule has 0 bridgehead atoms. The molecule has 0 aromatic heterocycles. The number of hydrogen-bond donors (Lipinski definition) is 1. The molecule has 1 amide bonds. The van der Waals surface area contributed by atoms with Crippen LogP contribution in [0.25, 0.3) is 0 Å². The van der Waals surface area contributed by atoms with Crippen molar-refractivity contribution in [1.29, 1.82) is 0 Å². The first-order valence-corrected chi connectivity index (χ1v) is 12.1. The molecule has 32 heavy (non-hydrogen) atoms. The Hall–Kier alpha value is -3.00. The van der Waals surface area contributed by atoms with Gasteiger partial charge in [-0.2, -0.15) is 0 Å². The minimum atomic E-state index is -3.82. The second-order valence-electron chi connectivity index (χ2n) is 7.65. The molecular formula is C24H30N2O5S. The number of amides is 1. The molecule has 1 aliphatic carbocycles. The molecule has 8 heteroatoms. The predicted octanol–water partition coefficient (Wildman–Crippen LogP) is 4.15. The fraction of sp³-hybridized carbons (Fsp3) is 0.375.